The highest BCUT2D eigenvalue weighted by Gasteiger charge is 2.31. The number of hydrogen-bond donors (Lipinski definition) is 0. The van der Waals surface area contributed by atoms with E-state index in [1.54, 1.807) is 0 Å². The Labute approximate surface area is 198 Å². The van der Waals surface area contributed by atoms with E-state index in [4.69, 9.17) is 23.2 Å². The summed E-state index contributed by atoms with van der Waals surface area (Å²) in [5, 5.41) is 19.4. The molecule has 0 saturated heterocycles. The quantitative estimate of drug-likeness (QED) is 0.414. The van der Waals surface area contributed by atoms with E-state index in [0.717, 1.165) is 71.5 Å². The molecule has 166 valence electrons. The van der Waals surface area contributed by atoms with Crippen LogP contribution in [0.2, 0.25) is 10.0 Å². The molecule has 0 saturated carbocycles. The van der Waals surface area contributed by atoms with Gasteiger partial charge in [0.05, 0.1) is 22.8 Å². The predicted octanol–water partition coefficient (Wildman–Crippen LogP) is 7.91. The Hall–Kier alpha value is -2.70. The molecular weight excluding hydrogens is 443 g/mol. The summed E-state index contributed by atoms with van der Waals surface area (Å²) in [6, 6.07) is 11.4. The molecule has 0 N–H and O–H groups in total. The molecule has 0 fully saturated rings. The summed E-state index contributed by atoms with van der Waals surface area (Å²) in [6.45, 7) is 11.8. The van der Waals surface area contributed by atoms with Gasteiger partial charge in [-0.3, -0.25) is 0 Å². The first-order valence-electron chi connectivity index (χ1n) is 10.9. The van der Waals surface area contributed by atoms with Crippen molar-refractivity contribution in [3.05, 3.63) is 69.0 Å². The summed E-state index contributed by atoms with van der Waals surface area (Å²) >= 11 is 12.7. The van der Waals surface area contributed by atoms with Crippen molar-refractivity contribution in [1.82, 2.24) is 9.80 Å². The van der Waals surface area contributed by atoms with Gasteiger partial charge in [0.25, 0.3) is 0 Å². The van der Waals surface area contributed by atoms with Crippen LogP contribution < -0.4 is 0 Å². The van der Waals surface area contributed by atoms with Crippen molar-refractivity contribution >= 4 is 46.0 Å². The molecule has 2 aliphatic rings. The summed E-state index contributed by atoms with van der Waals surface area (Å²) in [7, 11) is 0. The number of benzene rings is 2. The van der Waals surface area contributed by atoms with Gasteiger partial charge in [0.1, 0.15) is 11.4 Å². The Morgan fingerprint density at radius 3 is 1.34 bits per heavy atom. The van der Waals surface area contributed by atoms with Gasteiger partial charge in [0.2, 0.25) is 0 Å². The maximum absolute atomic E-state index is 6.36. The first-order valence-corrected chi connectivity index (χ1v) is 11.7. The minimum absolute atomic E-state index is 0.655. The molecule has 8 heteroatoms. The van der Waals surface area contributed by atoms with Gasteiger partial charge >= 0.3 is 0 Å². The molecule has 0 atom stereocenters. The van der Waals surface area contributed by atoms with E-state index < -0.39 is 0 Å². The Morgan fingerprint density at radius 2 is 1.00 bits per heavy atom. The molecule has 6 nitrogen and oxygen atoms in total. The molecule has 0 aliphatic carbocycles. The minimum Gasteiger partial charge on any atom is -0.369 e. The standard InChI is InChI=1S/C24H26Cl2N6/c1-5-31(6-2)23(21-17-13-15(25)9-11-19(17)27-29-21)24(32(7-3)8-4)22-18-14-16(26)10-12-20(18)28-30-22/h9-14H,5-8H2,1-4H3/b23-21-,24-22-. The van der Waals surface area contributed by atoms with Crippen molar-refractivity contribution in [2.45, 2.75) is 27.7 Å². The number of halogens is 2. The predicted molar refractivity (Wildman–Crippen MR) is 132 cm³/mol. The topological polar surface area (TPSA) is 55.9 Å². The van der Waals surface area contributed by atoms with E-state index >= 15 is 0 Å². The lowest BCUT2D eigenvalue weighted by atomic mass is 10.0. The Bertz CT molecular complexity index is 1070. The normalized spacial score (nSPS) is 16.8. The highest BCUT2D eigenvalue weighted by atomic mass is 35.5. The maximum atomic E-state index is 6.36. The number of hydrogen-bond acceptors (Lipinski definition) is 6. The van der Waals surface area contributed by atoms with Crippen LogP contribution in [0.4, 0.5) is 11.4 Å². The van der Waals surface area contributed by atoms with Crippen LogP contribution in [0.3, 0.4) is 0 Å². The lowest BCUT2D eigenvalue weighted by Crippen LogP contribution is -2.33. The van der Waals surface area contributed by atoms with E-state index in [0.29, 0.717) is 10.0 Å². The number of rotatable bonds is 7. The highest BCUT2D eigenvalue weighted by molar-refractivity contribution is 6.31. The molecule has 4 rings (SSSR count). The van der Waals surface area contributed by atoms with Gasteiger partial charge in [-0.2, -0.15) is 0 Å². The monoisotopic (exact) mass is 468 g/mol. The van der Waals surface area contributed by atoms with Crippen LogP contribution in [0.25, 0.3) is 11.4 Å². The van der Waals surface area contributed by atoms with Crippen molar-refractivity contribution in [2.75, 3.05) is 26.2 Å². The van der Waals surface area contributed by atoms with Crippen molar-refractivity contribution in [3.63, 3.8) is 0 Å². The fourth-order valence-electron chi connectivity index (χ4n) is 4.14. The number of fused-ring (bicyclic) bond motifs is 2. The van der Waals surface area contributed by atoms with Gasteiger partial charge in [-0.05, 0) is 64.1 Å². The third kappa shape index (κ3) is 3.93. The largest absolute Gasteiger partial charge is 0.369 e. The Kier molecular flexibility index (Phi) is 6.63. The minimum atomic E-state index is 0.655. The summed E-state index contributed by atoms with van der Waals surface area (Å²) in [4.78, 5) is 4.59. The molecule has 32 heavy (non-hydrogen) atoms. The summed E-state index contributed by atoms with van der Waals surface area (Å²) in [5.41, 5.74) is 7.02. The van der Waals surface area contributed by atoms with E-state index in [1.165, 1.54) is 0 Å². The molecule has 2 aliphatic heterocycles. The lowest BCUT2D eigenvalue weighted by Gasteiger charge is -2.34. The van der Waals surface area contributed by atoms with Crippen LogP contribution in [-0.4, -0.2) is 36.0 Å². The molecule has 2 heterocycles. The van der Waals surface area contributed by atoms with Crippen LogP contribution in [0.15, 0.2) is 68.2 Å². The third-order valence-electron chi connectivity index (χ3n) is 5.78. The van der Waals surface area contributed by atoms with Gasteiger partial charge in [-0.25, -0.2) is 0 Å². The second kappa shape index (κ2) is 9.43. The maximum Gasteiger partial charge on any atom is 0.121 e. The first kappa shape index (κ1) is 22.5. The van der Waals surface area contributed by atoms with Crippen LogP contribution in [0.1, 0.15) is 38.8 Å². The second-order valence-corrected chi connectivity index (χ2v) is 8.33. The third-order valence-corrected chi connectivity index (χ3v) is 6.25. The van der Waals surface area contributed by atoms with Gasteiger partial charge in [-0.15, -0.1) is 20.5 Å². The number of nitrogens with zero attached hydrogens (tertiary/aromatic N) is 6. The zero-order valence-corrected chi connectivity index (χ0v) is 20.2. The molecule has 0 unspecified atom stereocenters. The fraction of sp³-hybridized carbons (Fsp3) is 0.333. The molecule has 2 aromatic carbocycles. The van der Waals surface area contributed by atoms with E-state index in [9.17, 15) is 0 Å². The molecule has 0 radical (unpaired) electrons. The molecule has 0 aromatic heterocycles. The molecule has 0 bridgehead atoms. The van der Waals surface area contributed by atoms with E-state index in [2.05, 4.69) is 58.0 Å². The number of azo groups is 2. The van der Waals surface area contributed by atoms with Crippen molar-refractivity contribution in [3.8, 4) is 0 Å². The van der Waals surface area contributed by atoms with Crippen molar-refractivity contribution in [1.29, 1.82) is 0 Å². The van der Waals surface area contributed by atoms with Crippen molar-refractivity contribution in [2.24, 2.45) is 20.5 Å². The fourth-order valence-corrected chi connectivity index (χ4v) is 4.48. The first-order chi connectivity index (χ1) is 15.5. The van der Waals surface area contributed by atoms with E-state index in [1.807, 2.05) is 36.4 Å². The SMILES string of the molecule is CCN(CC)C(=C1\N=Nc2ccc(Cl)cc21)/C(=C1/N=Nc2ccc(Cl)cc21)N(CC)CC. The Balaban J connectivity index is 2.08. The average Bonchev–Trinajstić information content (AvgIpc) is 3.39. The smallest absolute Gasteiger partial charge is 0.121 e. The van der Waals surface area contributed by atoms with E-state index in [-0.39, 0.29) is 0 Å². The molecule has 2 aromatic rings. The van der Waals surface area contributed by atoms with Gasteiger partial charge < -0.3 is 9.80 Å². The zero-order valence-electron chi connectivity index (χ0n) is 18.7. The van der Waals surface area contributed by atoms with Crippen LogP contribution >= 0.6 is 23.2 Å². The molecular formula is C24H26Cl2N6. The lowest BCUT2D eigenvalue weighted by molar-refractivity contribution is 0.329. The average molecular weight is 469 g/mol. The van der Waals surface area contributed by atoms with Crippen LogP contribution in [0.5, 0.6) is 0 Å². The molecule has 0 spiro atoms. The van der Waals surface area contributed by atoms with Crippen LogP contribution in [-0.2, 0) is 0 Å². The second-order valence-electron chi connectivity index (χ2n) is 7.46. The Morgan fingerprint density at radius 1 is 0.625 bits per heavy atom. The van der Waals surface area contributed by atoms with Gasteiger partial charge in [-0.1, -0.05) is 23.2 Å². The summed E-state index contributed by atoms with van der Waals surface area (Å²) in [6.07, 6.45) is 0. The summed E-state index contributed by atoms with van der Waals surface area (Å²) < 4.78 is 0. The molecule has 0 amide bonds. The number of likely N-dealkylation sites (N-methyl/N-ethyl adjacent to an activating group) is 2. The highest BCUT2D eigenvalue weighted by Crippen LogP contribution is 2.45. The van der Waals surface area contributed by atoms with Crippen molar-refractivity contribution < 1.29 is 0 Å². The van der Waals surface area contributed by atoms with Gasteiger partial charge in [0.15, 0.2) is 0 Å². The van der Waals surface area contributed by atoms with Gasteiger partial charge in [0, 0.05) is 47.4 Å². The van der Waals surface area contributed by atoms with Crippen LogP contribution in [0, 0.1) is 0 Å². The zero-order chi connectivity index (χ0) is 22.8. The summed E-state index contributed by atoms with van der Waals surface area (Å²) in [5.74, 6) is 0.